The zero-order valence-electron chi connectivity index (χ0n) is 15.5. The monoisotopic (exact) mass is 393 g/mol. The Morgan fingerprint density at radius 2 is 1.89 bits per heavy atom. The Labute approximate surface area is 161 Å². The lowest BCUT2D eigenvalue weighted by molar-refractivity contribution is -0.137. The standard InChI is InChI=1S/C20H22F3N3O2/c1-28-16-6-4-5-15(12-16)25-19(27)13-24-17-11-14(20(21,22)23)7-8-18(17)26-9-2-3-10-26/h4-8,11-12,24H,2-3,9-10,13H2,1H3,(H,25,27). The molecule has 1 heterocycles. The number of carbonyl (C=O) groups excluding carboxylic acids is 1. The number of amides is 1. The van der Waals surface area contributed by atoms with Gasteiger partial charge in [-0.1, -0.05) is 6.07 Å². The highest BCUT2D eigenvalue weighted by molar-refractivity contribution is 5.94. The first kappa shape index (κ1) is 19.9. The second-order valence-corrected chi connectivity index (χ2v) is 6.56. The Balaban J connectivity index is 1.73. The second kappa shape index (κ2) is 8.41. The molecule has 0 spiro atoms. The number of nitrogens with one attached hydrogen (secondary N) is 2. The fourth-order valence-electron chi connectivity index (χ4n) is 3.17. The molecule has 2 N–H and O–H groups in total. The molecule has 150 valence electrons. The number of rotatable bonds is 6. The minimum absolute atomic E-state index is 0.153. The van der Waals surface area contributed by atoms with Crippen molar-refractivity contribution in [3.05, 3.63) is 48.0 Å². The second-order valence-electron chi connectivity index (χ2n) is 6.56. The Hall–Kier alpha value is -2.90. The van der Waals surface area contributed by atoms with Gasteiger partial charge in [-0.15, -0.1) is 0 Å². The maximum Gasteiger partial charge on any atom is 0.416 e. The van der Waals surface area contributed by atoms with Crippen LogP contribution >= 0.6 is 0 Å². The molecule has 0 atom stereocenters. The van der Waals surface area contributed by atoms with Crippen molar-refractivity contribution in [3.63, 3.8) is 0 Å². The van der Waals surface area contributed by atoms with Gasteiger partial charge < -0.3 is 20.3 Å². The molecule has 0 aromatic heterocycles. The molecule has 0 saturated carbocycles. The molecule has 28 heavy (non-hydrogen) atoms. The number of benzene rings is 2. The first-order valence-electron chi connectivity index (χ1n) is 9.01. The van der Waals surface area contributed by atoms with Gasteiger partial charge in [-0.2, -0.15) is 13.2 Å². The molecular formula is C20H22F3N3O2. The molecule has 2 aromatic carbocycles. The Bertz CT molecular complexity index is 834. The van der Waals surface area contributed by atoms with Crippen LogP contribution in [-0.2, 0) is 11.0 Å². The van der Waals surface area contributed by atoms with E-state index in [9.17, 15) is 18.0 Å². The van der Waals surface area contributed by atoms with Crippen molar-refractivity contribution >= 4 is 23.0 Å². The maximum absolute atomic E-state index is 13.1. The molecule has 2 aromatic rings. The van der Waals surface area contributed by atoms with Gasteiger partial charge in [0.15, 0.2) is 0 Å². The molecule has 8 heteroatoms. The lowest BCUT2D eigenvalue weighted by Crippen LogP contribution is -2.24. The topological polar surface area (TPSA) is 53.6 Å². The first-order chi connectivity index (χ1) is 13.4. The third-order valence-electron chi connectivity index (χ3n) is 4.56. The summed E-state index contributed by atoms with van der Waals surface area (Å²) in [4.78, 5) is 14.3. The third-order valence-corrected chi connectivity index (χ3v) is 4.56. The normalized spacial score (nSPS) is 14.1. The summed E-state index contributed by atoms with van der Waals surface area (Å²) in [5.41, 5.74) is 0.790. The number of hydrogen-bond acceptors (Lipinski definition) is 4. The Morgan fingerprint density at radius 3 is 2.57 bits per heavy atom. The number of ether oxygens (including phenoxy) is 1. The van der Waals surface area contributed by atoms with Crippen LogP contribution in [0, 0.1) is 0 Å². The highest BCUT2D eigenvalue weighted by atomic mass is 19.4. The van der Waals surface area contributed by atoms with Gasteiger partial charge in [0, 0.05) is 24.8 Å². The molecule has 1 aliphatic rings. The molecule has 1 fully saturated rings. The average molecular weight is 393 g/mol. The van der Waals surface area contributed by atoms with Crippen molar-refractivity contribution in [2.75, 3.05) is 42.3 Å². The van der Waals surface area contributed by atoms with Crippen molar-refractivity contribution in [2.45, 2.75) is 19.0 Å². The number of hydrogen-bond donors (Lipinski definition) is 2. The van der Waals surface area contributed by atoms with E-state index in [1.165, 1.54) is 13.2 Å². The predicted octanol–water partition coefficient (Wildman–Crippen LogP) is 4.36. The van der Waals surface area contributed by atoms with E-state index in [1.54, 1.807) is 24.3 Å². The van der Waals surface area contributed by atoms with Gasteiger partial charge in [-0.3, -0.25) is 4.79 Å². The van der Waals surface area contributed by atoms with Crippen LogP contribution in [0.25, 0.3) is 0 Å². The van der Waals surface area contributed by atoms with Crippen LogP contribution < -0.4 is 20.3 Å². The van der Waals surface area contributed by atoms with E-state index in [0.717, 1.165) is 38.1 Å². The summed E-state index contributed by atoms with van der Waals surface area (Å²) in [7, 11) is 1.52. The summed E-state index contributed by atoms with van der Waals surface area (Å²) in [6, 6.07) is 10.5. The van der Waals surface area contributed by atoms with E-state index in [1.807, 2.05) is 4.90 Å². The van der Waals surface area contributed by atoms with Crippen molar-refractivity contribution in [3.8, 4) is 5.75 Å². The van der Waals surface area contributed by atoms with Gasteiger partial charge >= 0.3 is 6.18 Å². The number of halogens is 3. The molecule has 0 radical (unpaired) electrons. The van der Waals surface area contributed by atoms with Crippen LogP contribution in [0.1, 0.15) is 18.4 Å². The van der Waals surface area contributed by atoms with Gasteiger partial charge in [0.1, 0.15) is 5.75 Å². The van der Waals surface area contributed by atoms with E-state index in [-0.39, 0.29) is 12.5 Å². The molecule has 1 saturated heterocycles. The predicted molar refractivity (Wildman–Crippen MR) is 103 cm³/mol. The smallest absolute Gasteiger partial charge is 0.416 e. The third kappa shape index (κ3) is 4.88. The van der Waals surface area contributed by atoms with Crippen LogP contribution in [0.2, 0.25) is 0 Å². The molecule has 3 rings (SSSR count). The molecule has 1 aliphatic heterocycles. The Morgan fingerprint density at radius 1 is 1.14 bits per heavy atom. The van der Waals surface area contributed by atoms with Gasteiger partial charge in [0.2, 0.25) is 5.91 Å². The number of anilines is 3. The zero-order valence-corrected chi connectivity index (χ0v) is 15.5. The van der Waals surface area contributed by atoms with Crippen LogP contribution in [0.15, 0.2) is 42.5 Å². The SMILES string of the molecule is COc1cccc(NC(=O)CNc2cc(C(F)(F)F)ccc2N2CCCC2)c1. The number of alkyl halides is 3. The number of nitrogens with zero attached hydrogens (tertiary/aromatic N) is 1. The quantitative estimate of drug-likeness (QED) is 0.766. The summed E-state index contributed by atoms with van der Waals surface area (Å²) < 4.78 is 44.4. The maximum atomic E-state index is 13.1. The summed E-state index contributed by atoms with van der Waals surface area (Å²) >= 11 is 0. The van der Waals surface area contributed by atoms with Crippen molar-refractivity contribution in [1.82, 2.24) is 0 Å². The van der Waals surface area contributed by atoms with E-state index in [0.29, 0.717) is 22.8 Å². The minimum Gasteiger partial charge on any atom is -0.497 e. The average Bonchev–Trinajstić information content (AvgIpc) is 3.20. The lowest BCUT2D eigenvalue weighted by atomic mass is 10.1. The van der Waals surface area contributed by atoms with Gasteiger partial charge in [0.05, 0.1) is 30.6 Å². The van der Waals surface area contributed by atoms with Gasteiger partial charge in [-0.25, -0.2) is 0 Å². The molecule has 0 bridgehead atoms. The van der Waals surface area contributed by atoms with E-state index >= 15 is 0 Å². The van der Waals surface area contributed by atoms with Crippen LogP contribution in [-0.4, -0.2) is 32.7 Å². The number of methoxy groups -OCH3 is 1. The fourth-order valence-corrected chi connectivity index (χ4v) is 3.17. The molecule has 5 nitrogen and oxygen atoms in total. The highest BCUT2D eigenvalue weighted by Gasteiger charge is 2.31. The van der Waals surface area contributed by atoms with Crippen LogP contribution in [0.5, 0.6) is 5.75 Å². The largest absolute Gasteiger partial charge is 0.497 e. The first-order valence-corrected chi connectivity index (χ1v) is 9.01. The number of carbonyl (C=O) groups is 1. The summed E-state index contributed by atoms with van der Waals surface area (Å²) in [6.45, 7) is 1.42. The zero-order chi connectivity index (χ0) is 20.1. The summed E-state index contributed by atoms with van der Waals surface area (Å²) in [6.07, 6.45) is -2.45. The van der Waals surface area contributed by atoms with Crippen molar-refractivity contribution in [1.29, 1.82) is 0 Å². The lowest BCUT2D eigenvalue weighted by Gasteiger charge is -2.23. The van der Waals surface area contributed by atoms with Crippen molar-refractivity contribution in [2.24, 2.45) is 0 Å². The Kier molecular flexibility index (Phi) is 5.96. The summed E-state index contributed by atoms with van der Waals surface area (Å²) in [5.74, 6) is 0.234. The molecule has 0 aliphatic carbocycles. The van der Waals surface area contributed by atoms with E-state index in [2.05, 4.69) is 10.6 Å². The highest BCUT2D eigenvalue weighted by Crippen LogP contribution is 2.36. The van der Waals surface area contributed by atoms with E-state index in [4.69, 9.17) is 4.74 Å². The van der Waals surface area contributed by atoms with Gasteiger partial charge in [-0.05, 0) is 43.2 Å². The molecule has 0 unspecified atom stereocenters. The summed E-state index contributed by atoms with van der Waals surface area (Å²) in [5, 5.41) is 5.57. The van der Waals surface area contributed by atoms with Gasteiger partial charge in [0.25, 0.3) is 0 Å². The van der Waals surface area contributed by atoms with Crippen LogP contribution in [0.4, 0.5) is 30.2 Å². The van der Waals surface area contributed by atoms with Crippen LogP contribution in [0.3, 0.4) is 0 Å². The molecular weight excluding hydrogens is 371 g/mol. The minimum atomic E-state index is -4.44. The molecule has 1 amide bonds. The van der Waals surface area contributed by atoms with E-state index < -0.39 is 11.7 Å². The van der Waals surface area contributed by atoms with Crippen molar-refractivity contribution < 1.29 is 22.7 Å². The fraction of sp³-hybridized carbons (Fsp3) is 0.350.